The molecule has 2 unspecified atom stereocenters. The molecule has 4 saturated heterocycles. The predicted octanol–water partition coefficient (Wildman–Crippen LogP) is -0.444. The van der Waals surface area contributed by atoms with E-state index < -0.39 is 300 Å². The van der Waals surface area contributed by atoms with E-state index in [2.05, 4.69) is 31.4 Å². The van der Waals surface area contributed by atoms with E-state index in [9.17, 15) is 121 Å². The number of cyclic esters (lactones) is 2. The summed E-state index contributed by atoms with van der Waals surface area (Å²) in [5.74, 6) is -7.87. The van der Waals surface area contributed by atoms with Crippen LogP contribution in [0.3, 0.4) is 0 Å². The second-order valence-corrected chi connectivity index (χ2v) is 37.7. The minimum Gasteiger partial charge on any atom is -0.462 e. The number of ether oxygens (including phenoxy) is 8. The number of carbonyl (C=O) groups is 4. The third-order valence-corrected chi connectivity index (χ3v) is 25.5. The smallest absolute Gasteiger partial charge is 0.314 e. The Morgan fingerprint density at radius 3 is 1.10 bits per heavy atom. The SMILES string of the molecule is CNC(=O)N[C@H]1[C@@H]2C[C@@H](O[C@@H]3O[C@H](C)[C@@H](O)[C@H](N)[C@@H]3O)/C=C/C=C/C=C/C=C/C=C/C=C/C=C/[C@H](C)C(O)[C@@H](C)[C@H](C)OC(=O)C[C@H](O)C[C@H](O)CC[C@@H](O)[C@H](O)C[C@H](O)C[C@](O)(C[C@@H]1O)O2.CNC(=O)N[C@H]1[C@@H]2C[C@@H](O[C@@H]3O[C@H](C)[C@@H](O)[C@H](N=C(N)N)[C@@H]3O)/C=C/C=C/C=C/C=C/C=C/C=C/C=C/[C@H](C)C(O)[C@@H](C)[C@H](C)OC(=O)C[C@H](O)C[C@H](O)CC[C@@H](O)[C@H](O)C[C@H](O)C[C@](O)(C[C@@H]1O)O2.N=C(N)n1cccn1. The first-order valence-electron chi connectivity index (χ1n) is 49.1. The molecular formula is C101H162N12O32. The highest BCUT2D eigenvalue weighted by atomic mass is 16.7. The van der Waals surface area contributed by atoms with Gasteiger partial charge in [0.15, 0.2) is 30.1 Å². The molecule has 1 aromatic heterocycles. The zero-order valence-corrected chi connectivity index (χ0v) is 84.0. The molecule has 0 radical (unpaired) electrons. The molecule has 44 heteroatoms. The van der Waals surface area contributed by atoms with E-state index in [4.69, 9.17) is 66.2 Å². The number of urea groups is 2. The molecular weight excluding hydrogens is 1890 g/mol. The number of fused-ring (bicyclic) bond motifs is 4. The van der Waals surface area contributed by atoms with Crippen molar-refractivity contribution in [2.75, 3.05) is 14.1 Å². The monoisotopic (exact) mass is 2060 g/mol. The number of allylic oxidation sites excluding steroid dienone is 24. The quantitative estimate of drug-likeness (QED) is 0.0934. The fourth-order valence-corrected chi connectivity index (χ4v) is 16.8. The lowest BCUT2D eigenvalue weighted by molar-refractivity contribution is -0.303. The number of guanidine groups is 1. The van der Waals surface area contributed by atoms with Gasteiger partial charge in [-0.25, -0.2) is 19.3 Å². The Hall–Kier alpha value is -9.29. The largest absolute Gasteiger partial charge is 0.462 e. The Labute approximate surface area is 847 Å². The van der Waals surface area contributed by atoms with Gasteiger partial charge in [0.2, 0.25) is 5.96 Å². The van der Waals surface area contributed by atoms with Crippen LogP contribution in [0.4, 0.5) is 9.59 Å². The van der Waals surface area contributed by atoms with E-state index in [0.29, 0.717) is 0 Å². The number of amides is 4. The number of hydrogen-bond donors (Lipinski definition) is 29. The molecule has 44 nitrogen and oxygen atoms in total. The van der Waals surface area contributed by atoms with Gasteiger partial charge in [-0.15, -0.1) is 0 Å². The van der Waals surface area contributed by atoms with Crippen LogP contribution < -0.4 is 44.2 Å². The summed E-state index contributed by atoms with van der Waals surface area (Å²) in [5, 5.41) is 240. The second kappa shape index (κ2) is 64.9. The number of nitrogens with one attached hydrogen (secondary N) is 5. The molecule has 7 heterocycles. The molecule has 0 aliphatic carbocycles. The van der Waals surface area contributed by atoms with Crippen molar-refractivity contribution in [1.29, 1.82) is 5.41 Å². The molecule has 6 aliphatic rings. The molecule has 38 atom stereocenters. The maximum atomic E-state index is 12.7. The number of aliphatic imine (C=N–C) groups is 1. The van der Waals surface area contributed by atoms with Gasteiger partial charge < -0.3 is 184 Å². The van der Waals surface area contributed by atoms with Crippen LogP contribution in [0.25, 0.3) is 0 Å². The van der Waals surface area contributed by atoms with Crippen LogP contribution in [0.5, 0.6) is 0 Å². The molecule has 145 heavy (non-hydrogen) atoms. The Morgan fingerprint density at radius 2 is 0.766 bits per heavy atom. The number of nitrogens with two attached hydrogens (primary N) is 4. The lowest BCUT2D eigenvalue weighted by atomic mass is 9.87. The number of aliphatic hydroxyl groups is 20. The van der Waals surface area contributed by atoms with Crippen molar-refractivity contribution in [3.8, 4) is 0 Å². The molecule has 7 rings (SSSR count). The van der Waals surface area contributed by atoms with Crippen LogP contribution >= 0.6 is 0 Å². The van der Waals surface area contributed by atoms with E-state index in [1.54, 1.807) is 156 Å². The Kier molecular flexibility index (Phi) is 56.4. The highest BCUT2D eigenvalue weighted by molar-refractivity contribution is 5.76. The topological polar surface area (TPSA) is 753 Å². The van der Waals surface area contributed by atoms with Crippen LogP contribution in [0.1, 0.15) is 158 Å². The summed E-state index contributed by atoms with van der Waals surface area (Å²) in [4.78, 5) is 54.5. The molecule has 1 aromatic rings. The van der Waals surface area contributed by atoms with Gasteiger partial charge in [-0.05, 0) is 72.3 Å². The number of hydrogen-bond acceptors (Lipinski definition) is 36. The normalized spacial score (nSPS) is 41.7. The van der Waals surface area contributed by atoms with Crippen LogP contribution in [0.15, 0.2) is 194 Å². The van der Waals surface area contributed by atoms with Gasteiger partial charge in [-0.1, -0.05) is 198 Å². The number of carbonyl (C=O) groups excluding carboxylic acids is 4. The van der Waals surface area contributed by atoms with Gasteiger partial charge in [0.25, 0.3) is 0 Å². The van der Waals surface area contributed by atoms with E-state index in [1.807, 2.05) is 80.7 Å². The molecule has 4 amide bonds. The van der Waals surface area contributed by atoms with Gasteiger partial charge in [-0.2, -0.15) is 5.10 Å². The summed E-state index contributed by atoms with van der Waals surface area (Å²) >= 11 is 0. The van der Waals surface area contributed by atoms with Crippen molar-refractivity contribution in [2.24, 2.45) is 51.6 Å². The Bertz CT molecular complexity index is 4460. The number of nitrogen functional groups attached to an aromatic ring is 1. The number of rotatable bonds is 7. The number of esters is 2. The van der Waals surface area contributed by atoms with Gasteiger partial charge in [0, 0.05) is 102 Å². The maximum Gasteiger partial charge on any atom is 0.314 e. The van der Waals surface area contributed by atoms with Gasteiger partial charge in [0.1, 0.15) is 36.6 Å². The molecule has 33 N–H and O–H groups in total. The van der Waals surface area contributed by atoms with E-state index in [-0.39, 0.29) is 69.2 Å². The summed E-state index contributed by atoms with van der Waals surface area (Å²) in [6.45, 7) is 13.5. The molecule has 0 spiro atoms. The van der Waals surface area contributed by atoms with Crippen molar-refractivity contribution in [3.63, 3.8) is 0 Å². The van der Waals surface area contributed by atoms with E-state index in [0.717, 1.165) is 0 Å². The molecule has 4 fully saturated rings. The van der Waals surface area contributed by atoms with Crippen molar-refractivity contribution in [1.82, 2.24) is 31.0 Å². The highest BCUT2D eigenvalue weighted by Crippen LogP contribution is 2.39. The van der Waals surface area contributed by atoms with Crippen LogP contribution in [0, 0.1) is 29.1 Å². The zero-order valence-electron chi connectivity index (χ0n) is 84.0. The summed E-state index contributed by atoms with van der Waals surface area (Å²) in [5.41, 5.74) is 22.3. The summed E-state index contributed by atoms with van der Waals surface area (Å²) in [7, 11) is 2.73. The third-order valence-electron chi connectivity index (χ3n) is 25.5. The first-order chi connectivity index (χ1) is 68.5. The summed E-state index contributed by atoms with van der Waals surface area (Å²) in [6, 6.07) is -4.32. The lowest BCUT2D eigenvalue weighted by Gasteiger charge is -2.46. The van der Waals surface area contributed by atoms with Crippen molar-refractivity contribution < 1.29 is 159 Å². The van der Waals surface area contributed by atoms with Gasteiger partial charge in [-0.3, -0.25) is 15.0 Å². The van der Waals surface area contributed by atoms with Crippen molar-refractivity contribution in [2.45, 2.75) is 365 Å². The number of aromatic nitrogens is 2. The second-order valence-electron chi connectivity index (χ2n) is 37.7. The molecule has 6 aliphatic heterocycles. The summed E-state index contributed by atoms with van der Waals surface area (Å²) < 4.78 is 48.6. The molecule has 4 bridgehead atoms. The molecule has 0 aromatic carbocycles. The van der Waals surface area contributed by atoms with E-state index in [1.165, 1.54) is 25.7 Å². The first kappa shape index (κ1) is 126. The van der Waals surface area contributed by atoms with Crippen LogP contribution in [0.2, 0.25) is 0 Å². The fourth-order valence-electron chi connectivity index (χ4n) is 16.8. The first-order valence-corrected chi connectivity index (χ1v) is 49.1. The average molecular weight is 2060 g/mol. The van der Waals surface area contributed by atoms with E-state index >= 15 is 0 Å². The maximum absolute atomic E-state index is 12.7. The van der Waals surface area contributed by atoms with Gasteiger partial charge in [0.05, 0.1) is 159 Å². The van der Waals surface area contributed by atoms with Crippen LogP contribution in [-0.4, -0.2) is 369 Å². The number of nitrogens with zero attached hydrogens (tertiary/aromatic N) is 3. The Balaban J connectivity index is 0.000000473. The average Bonchev–Trinajstić information content (AvgIpc) is 0.846. The highest BCUT2D eigenvalue weighted by Gasteiger charge is 2.52. The molecule has 818 valence electrons. The summed E-state index contributed by atoms with van der Waals surface area (Å²) in [6.07, 6.45) is 12.5. The zero-order chi connectivity index (χ0) is 108. The Morgan fingerprint density at radius 1 is 0.421 bits per heavy atom. The molecule has 0 saturated carbocycles. The van der Waals surface area contributed by atoms with Crippen molar-refractivity contribution in [3.05, 3.63) is 189 Å². The number of aliphatic hydroxyl groups excluding tert-OH is 18. The fraction of sp³-hybridized carbons (Fsp3) is 0.634. The lowest BCUT2D eigenvalue weighted by Crippen LogP contribution is -2.63. The standard InChI is InChI=1S/C49H79N5O16.C48H77N3O16.C4H6N4/c1-28-18-16-14-12-10-8-6-7-9-11-13-15-17-19-35(69-46-45(64)42(53-47(50)51)44(63)31(4)68-46)25-39-41(54-48(65)52-5)38(60)27-49(66,70-39)26-34(57)23-37(59)36(58)21-20-32(55)22-33(56)24-40(61)67-30(3)29(2)43(28)62;1-28-18-16-14-12-10-8-6-7-9-11-13-15-17-19-35(66-46-45(61)41(49)44(60)31(4)65-46)25-39-42(51-47(62)50-5)38(57)27-48(63,67-39)26-34(54)23-37(56)36(55)21-20-32(52)22-33(53)24-40(58)64-30(3)29(2)43(28)59;5-4(6)8-3-1-2-7-8/h6-19,28-39,41-46,55-60,62-64,66H,20-27H2,1-5H3,(H4,50,51,53)(H2,52,54,65);6-19,28-39,41-46,52-57,59-61,63H,20-27,49H2,1-5H3,(H2,50,51,62);1-3H,(H3,5,6)/b2*7-6+,10-8+,11-9+,14-12+,15-13+,18-16+,19-17+;/t28-,29-,30-,31+,32+,33+,34-,35-,36+,37+,38-,39-,41+,42-,43?,44+,45-,46-,49+;28-,29-,30-,31+,32+,33+,34-,35-,36+,37+,38-,39-,41-,42+,43?,44+,45-,46-,48+;/m00./s1. The van der Waals surface area contributed by atoms with Crippen molar-refractivity contribution >= 4 is 35.9 Å². The third kappa shape index (κ3) is 45.8. The van der Waals surface area contributed by atoms with Gasteiger partial charge >= 0.3 is 24.0 Å². The predicted molar refractivity (Wildman–Crippen MR) is 536 cm³/mol. The van der Waals surface area contributed by atoms with Crippen LogP contribution in [-0.2, 0) is 47.5 Å². The minimum atomic E-state index is -2.26. The minimum absolute atomic E-state index is 0.0602.